The van der Waals surface area contributed by atoms with Crippen LogP contribution in [-0.4, -0.2) is 29.9 Å². The van der Waals surface area contributed by atoms with Crippen molar-refractivity contribution in [3.05, 3.63) is 65.9 Å². The molecule has 1 saturated heterocycles. The summed E-state index contributed by atoms with van der Waals surface area (Å²) in [6.07, 6.45) is 1.86. The maximum atomic E-state index is 13.2. The number of carbonyl (C=O) groups excluding carboxylic acids is 1. The van der Waals surface area contributed by atoms with Crippen molar-refractivity contribution in [1.29, 1.82) is 0 Å². The molecule has 5 nitrogen and oxygen atoms in total. The van der Waals surface area contributed by atoms with E-state index in [1.54, 1.807) is 0 Å². The zero-order valence-electron chi connectivity index (χ0n) is 16.5. The molecule has 2 aromatic carbocycles. The van der Waals surface area contributed by atoms with Gasteiger partial charge in [-0.2, -0.15) is 0 Å². The van der Waals surface area contributed by atoms with Gasteiger partial charge in [0.05, 0.1) is 0 Å². The molecule has 1 amide bonds. The van der Waals surface area contributed by atoms with Crippen molar-refractivity contribution in [2.45, 2.75) is 32.4 Å². The zero-order chi connectivity index (χ0) is 19.5. The van der Waals surface area contributed by atoms with Gasteiger partial charge in [0, 0.05) is 30.1 Å². The van der Waals surface area contributed by atoms with Crippen molar-refractivity contribution in [2.75, 3.05) is 13.1 Å². The number of hydrogen-bond donors (Lipinski definition) is 1. The fourth-order valence-corrected chi connectivity index (χ4v) is 3.86. The average Bonchev–Trinajstić information content (AvgIpc) is 3.11. The number of ether oxygens (including phenoxy) is 1. The van der Waals surface area contributed by atoms with Crippen molar-refractivity contribution >= 4 is 29.3 Å². The molecule has 0 aliphatic carbocycles. The highest BCUT2D eigenvalue weighted by Gasteiger charge is 2.29. The summed E-state index contributed by atoms with van der Waals surface area (Å²) in [4.78, 5) is 15.1. The van der Waals surface area contributed by atoms with Crippen molar-refractivity contribution in [1.82, 2.24) is 4.90 Å². The molecular formula is C23H27ClN2O3. The molecule has 1 aliphatic heterocycles. The van der Waals surface area contributed by atoms with Crippen LogP contribution in [0.15, 0.2) is 59.0 Å². The third-order valence-electron chi connectivity index (χ3n) is 5.59. The van der Waals surface area contributed by atoms with Gasteiger partial charge >= 0.3 is 0 Å². The van der Waals surface area contributed by atoms with E-state index in [9.17, 15) is 4.79 Å². The Labute approximate surface area is 177 Å². The van der Waals surface area contributed by atoms with E-state index in [1.165, 1.54) is 0 Å². The fraction of sp³-hybridized carbons (Fsp3) is 0.348. The van der Waals surface area contributed by atoms with Gasteiger partial charge in [-0.25, -0.2) is 0 Å². The van der Waals surface area contributed by atoms with E-state index in [0.29, 0.717) is 37.0 Å². The third kappa shape index (κ3) is 4.57. The highest BCUT2D eigenvalue weighted by Crippen LogP contribution is 2.30. The van der Waals surface area contributed by atoms with E-state index < -0.39 is 0 Å². The molecule has 6 heteroatoms. The van der Waals surface area contributed by atoms with E-state index in [0.717, 1.165) is 29.5 Å². The van der Waals surface area contributed by atoms with Gasteiger partial charge in [0.25, 0.3) is 5.91 Å². The van der Waals surface area contributed by atoms with Gasteiger partial charge in [0.15, 0.2) is 5.76 Å². The standard InChI is InChI=1S/C23H26N2O3.ClH/c1-16(24)17-11-13-25(14-12-17)23(26)22-20(15-27-18-7-3-2-4-8-18)19-9-5-6-10-21(19)28-22;/h2-10,16-17H,11-15,24H2,1H3;1H. The molecule has 0 spiro atoms. The number of fused-ring (bicyclic) bond motifs is 1. The van der Waals surface area contributed by atoms with Gasteiger partial charge in [-0.05, 0) is 43.9 Å². The van der Waals surface area contributed by atoms with Gasteiger partial charge in [-0.15, -0.1) is 12.4 Å². The van der Waals surface area contributed by atoms with Crippen LogP contribution in [-0.2, 0) is 6.61 Å². The van der Waals surface area contributed by atoms with E-state index in [-0.39, 0.29) is 24.4 Å². The Hall–Kier alpha value is -2.50. The molecule has 154 valence electrons. The van der Waals surface area contributed by atoms with Crippen LogP contribution in [0.2, 0.25) is 0 Å². The molecule has 4 rings (SSSR count). The molecule has 2 N–H and O–H groups in total. The maximum absolute atomic E-state index is 13.2. The number of carbonyl (C=O) groups is 1. The van der Waals surface area contributed by atoms with Crippen LogP contribution in [0, 0.1) is 5.92 Å². The Balaban J connectivity index is 0.00000240. The third-order valence-corrected chi connectivity index (χ3v) is 5.59. The quantitative estimate of drug-likeness (QED) is 0.660. The Kier molecular flexibility index (Phi) is 6.83. The second-order valence-corrected chi connectivity index (χ2v) is 7.50. The molecule has 1 fully saturated rings. The van der Waals surface area contributed by atoms with E-state index >= 15 is 0 Å². The largest absolute Gasteiger partial charge is 0.489 e. The van der Waals surface area contributed by atoms with E-state index in [1.807, 2.05) is 66.4 Å². The number of benzene rings is 2. The number of halogens is 1. The Bertz CT molecular complexity index is 947. The van der Waals surface area contributed by atoms with Crippen LogP contribution in [0.3, 0.4) is 0 Å². The number of nitrogens with two attached hydrogens (primary N) is 1. The van der Waals surface area contributed by atoms with Gasteiger partial charge in [0.1, 0.15) is 17.9 Å². The summed E-state index contributed by atoms with van der Waals surface area (Å²) in [5, 5.41) is 0.923. The average molecular weight is 415 g/mol. The van der Waals surface area contributed by atoms with Crippen LogP contribution in [0.25, 0.3) is 11.0 Å². The normalized spacial score (nSPS) is 15.7. The maximum Gasteiger partial charge on any atom is 0.290 e. The highest BCUT2D eigenvalue weighted by molar-refractivity contribution is 5.99. The van der Waals surface area contributed by atoms with E-state index in [2.05, 4.69) is 0 Å². The van der Waals surface area contributed by atoms with Gasteiger partial charge in [-0.3, -0.25) is 4.79 Å². The van der Waals surface area contributed by atoms with Crippen LogP contribution >= 0.6 is 12.4 Å². The molecule has 1 atom stereocenters. The minimum Gasteiger partial charge on any atom is -0.489 e. The molecule has 3 aromatic rings. The van der Waals surface area contributed by atoms with Crippen LogP contribution in [0.1, 0.15) is 35.9 Å². The number of furan rings is 1. The molecule has 1 unspecified atom stereocenters. The molecular weight excluding hydrogens is 388 g/mol. The smallest absolute Gasteiger partial charge is 0.290 e. The number of rotatable bonds is 5. The SMILES string of the molecule is CC(N)C1CCN(C(=O)c2oc3ccccc3c2COc2ccccc2)CC1.Cl. The molecule has 0 bridgehead atoms. The molecule has 1 aromatic heterocycles. The monoisotopic (exact) mass is 414 g/mol. The number of nitrogens with zero attached hydrogens (tertiary/aromatic N) is 1. The number of hydrogen-bond acceptors (Lipinski definition) is 4. The van der Waals surface area contributed by atoms with Gasteiger partial charge < -0.3 is 19.8 Å². The molecule has 1 aliphatic rings. The van der Waals surface area contributed by atoms with Gasteiger partial charge in [-0.1, -0.05) is 36.4 Å². The first-order valence-corrected chi connectivity index (χ1v) is 9.86. The molecule has 29 heavy (non-hydrogen) atoms. The first-order chi connectivity index (χ1) is 13.6. The predicted octanol–water partition coefficient (Wildman–Crippen LogP) is 4.63. The van der Waals surface area contributed by atoms with Crippen LogP contribution < -0.4 is 10.5 Å². The number of likely N-dealkylation sites (tertiary alicyclic amines) is 1. The summed E-state index contributed by atoms with van der Waals surface area (Å²) >= 11 is 0. The second-order valence-electron chi connectivity index (χ2n) is 7.50. The first kappa shape index (κ1) is 21.2. The first-order valence-electron chi connectivity index (χ1n) is 9.86. The fourth-order valence-electron chi connectivity index (χ4n) is 3.86. The lowest BCUT2D eigenvalue weighted by atomic mass is 9.91. The van der Waals surface area contributed by atoms with Gasteiger partial charge in [0.2, 0.25) is 0 Å². The lowest BCUT2D eigenvalue weighted by Crippen LogP contribution is -2.42. The number of piperidine rings is 1. The second kappa shape index (κ2) is 9.33. The Morgan fingerprint density at radius 3 is 2.48 bits per heavy atom. The topological polar surface area (TPSA) is 68.7 Å². The minimum atomic E-state index is -0.0639. The lowest BCUT2D eigenvalue weighted by Gasteiger charge is -2.33. The zero-order valence-corrected chi connectivity index (χ0v) is 17.4. The summed E-state index contributed by atoms with van der Waals surface area (Å²) in [5.41, 5.74) is 7.55. The van der Waals surface area contributed by atoms with Crippen molar-refractivity contribution in [2.24, 2.45) is 11.7 Å². The number of amides is 1. The molecule has 0 radical (unpaired) electrons. The Morgan fingerprint density at radius 2 is 1.79 bits per heavy atom. The van der Waals surface area contributed by atoms with E-state index in [4.69, 9.17) is 14.9 Å². The summed E-state index contributed by atoms with van der Waals surface area (Å²) < 4.78 is 11.9. The molecule has 2 heterocycles. The van der Waals surface area contributed by atoms with Crippen LogP contribution in [0.5, 0.6) is 5.75 Å². The van der Waals surface area contributed by atoms with Crippen molar-refractivity contribution in [3.63, 3.8) is 0 Å². The highest BCUT2D eigenvalue weighted by atomic mass is 35.5. The number of para-hydroxylation sites is 2. The summed E-state index contributed by atoms with van der Waals surface area (Å²) in [5.74, 6) is 1.56. The summed E-state index contributed by atoms with van der Waals surface area (Å²) in [6.45, 7) is 3.75. The van der Waals surface area contributed by atoms with Crippen molar-refractivity contribution < 1.29 is 13.9 Å². The summed E-state index contributed by atoms with van der Waals surface area (Å²) in [6, 6.07) is 17.5. The predicted molar refractivity (Wildman–Crippen MR) is 117 cm³/mol. The lowest BCUT2D eigenvalue weighted by molar-refractivity contribution is 0.0648. The Morgan fingerprint density at radius 1 is 1.14 bits per heavy atom. The van der Waals surface area contributed by atoms with Crippen LogP contribution in [0.4, 0.5) is 0 Å². The summed E-state index contributed by atoms with van der Waals surface area (Å²) in [7, 11) is 0. The minimum absolute atomic E-state index is 0. The molecule has 0 saturated carbocycles. The van der Waals surface area contributed by atoms with Crippen molar-refractivity contribution in [3.8, 4) is 5.75 Å².